The van der Waals surface area contributed by atoms with Crippen LogP contribution in [-0.2, 0) is 5.41 Å². The van der Waals surface area contributed by atoms with Gasteiger partial charge in [0, 0.05) is 11.5 Å². The van der Waals surface area contributed by atoms with Gasteiger partial charge in [0.15, 0.2) is 0 Å². The summed E-state index contributed by atoms with van der Waals surface area (Å²) in [6, 6.07) is 0.110. The van der Waals surface area contributed by atoms with Gasteiger partial charge in [0.2, 0.25) is 0 Å². The lowest BCUT2D eigenvalue weighted by Crippen LogP contribution is -2.19. The van der Waals surface area contributed by atoms with Crippen molar-refractivity contribution < 1.29 is 0 Å². The van der Waals surface area contributed by atoms with Crippen LogP contribution in [0.5, 0.6) is 0 Å². The normalized spacial score (nSPS) is 13.6. The summed E-state index contributed by atoms with van der Waals surface area (Å²) >= 11 is 1.48. The molecule has 0 aliphatic heterocycles. The Morgan fingerprint density at radius 1 is 1.00 bits per heavy atom. The first-order valence-electron chi connectivity index (χ1n) is 8.55. The predicted molar refractivity (Wildman–Crippen MR) is 92.8 cm³/mol. The van der Waals surface area contributed by atoms with Crippen molar-refractivity contribution in [2.75, 3.05) is 0 Å². The van der Waals surface area contributed by atoms with E-state index in [1.54, 1.807) is 0 Å². The molecule has 21 heavy (non-hydrogen) atoms. The van der Waals surface area contributed by atoms with Crippen LogP contribution in [0.3, 0.4) is 0 Å². The molecule has 1 aromatic rings. The average molecular weight is 312 g/mol. The van der Waals surface area contributed by atoms with E-state index in [0.29, 0.717) is 0 Å². The molecular weight excluding hydrogens is 278 g/mol. The van der Waals surface area contributed by atoms with Crippen LogP contribution in [0.1, 0.15) is 102 Å². The van der Waals surface area contributed by atoms with Gasteiger partial charge in [-0.05, 0) is 18.0 Å². The first kappa shape index (κ1) is 18.6. The standard InChI is InChI=1S/C17H33N3S/c1-5-6-7-8-9-10-11-12-13-14(18)15-16(17(2,3)4)19-20-21-15/h14H,5-13,18H2,1-4H3. The maximum absolute atomic E-state index is 6.35. The van der Waals surface area contributed by atoms with E-state index >= 15 is 0 Å². The maximum Gasteiger partial charge on any atom is 0.0856 e. The zero-order valence-corrected chi connectivity index (χ0v) is 15.1. The molecule has 0 amide bonds. The van der Waals surface area contributed by atoms with Crippen molar-refractivity contribution in [3.8, 4) is 0 Å². The smallest absolute Gasteiger partial charge is 0.0856 e. The highest BCUT2D eigenvalue weighted by Gasteiger charge is 2.25. The van der Waals surface area contributed by atoms with Crippen LogP contribution < -0.4 is 5.73 Å². The molecule has 0 bridgehead atoms. The van der Waals surface area contributed by atoms with Gasteiger partial charge >= 0.3 is 0 Å². The summed E-state index contributed by atoms with van der Waals surface area (Å²) in [6.45, 7) is 8.80. The number of hydrogen-bond donors (Lipinski definition) is 1. The molecular formula is C17H33N3S. The van der Waals surface area contributed by atoms with E-state index < -0.39 is 0 Å². The fourth-order valence-electron chi connectivity index (χ4n) is 2.59. The third-order valence-electron chi connectivity index (χ3n) is 3.93. The Hall–Kier alpha value is -0.480. The Labute approximate surface area is 134 Å². The lowest BCUT2D eigenvalue weighted by molar-refractivity contribution is 0.519. The number of nitrogens with two attached hydrogens (primary N) is 1. The zero-order valence-electron chi connectivity index (χ0n) is 14.3. The molecule has 0 aliphatic carbocycles. The van der Waals surface area contributed by atoms with Crippen molar-refractivity contribution in [1.82, 2.24) is 9.59 Å². The fraction of sp³-hybridized carbons (Fsp3) is 0.882. The molecule has 1 unspecified atom stereocenters. The van der Waals surface area contributed by atoms with Crippen molar-refractivity contribution in [1.29, 1.82) is 0 Å². The van der Waals surface area contributed by atoms with Crippen molar-refractivity contribution in [3.05, 3.63) is 10.6 Å². The van der Waals surface area contributed by atoms with Gasteiger partial charge in [0.1, 0.15) is 0 Å². The summed E-state index contributed by atoms with van der Waals surface area (Å²) in [7, 11) is 0. The molecule has 1 aromatic heterocycles. The Balaban J connectivity index is 2.23. The number of nitrogens with zero attached hydrogens (tertiary/aromatic N) is 2. The van der Waals surface area contributed by atoms with E-state index in [1.807, 2.05) is 0 Å². The highest BCUT2D eigenvalue weighted by molar-refractivity contribution is 7.05. The molecule has 1 rings (SSSR count). The number of hydrogen-bond acceptors (Lipinski definition) is 4. The van der Waals surface area contributed by atoms with E-state index in [9.17, 15) is 0 Å². The minimum Gasteiger partial charge on any atom is -0.323 e. The van der Waals surface area contributed by atoms with E-state index in [2.05, 4.69) is 37.3 Å². The molecule has 3 nitrogen and oxygen atoms in total. The second-order valence-electron chi connectivity index (χ2n) is 7.11. The first-order valence-corrected chi connectivity index (χ1v) is 9.32. The monoisotopic (exact) mass is 311 g/mol. The molecule has 0 radical (unpaired) electrons. The third kappa shape index (κ3) is 6.88. The summed E-state index contributed by atoms with van der Waals surface area (Å²) in [5.41, 5.74) is 7.47. The van der Waals surface area contributed by atoms with E-state index in [-0.39, 0.29) is 11.5 Å². The fourth-order valence-corrected chi connectivity index (χ4v) is 3.49. The van der Waals surface area contributed by atoms with E-state index in [0.717, 1.165) is 12.1 Å². The van der Waals surface area contributed by atoms with Crippen LogP contribution in [-0.4, -0.2) is 9.59 Å². The summed E-state index contributed by atoms with van der Waals surface area (Å²) in [6.07, 6.45) is 11.8. The summed E-state index contributed by atoms with van der Waals surface area (Å²) < 4.78 is 4.11. The molecule has 122 valence electrons. The summed E-state index contributed by atoms with van der Waals surface area (Å²) in [4.78, 5) is 1.19. The van der Waals surface area contributed by atoms with Gasteiger partial charge in [-0.3, -0.25) is 0 Å². The second-order valence-corrected chi connectivity index (χ2v) is 7.89. The number of aromatic nitrogens is 2. The predicted octanol–water partition coefficient (Wildman–Crippen LogP) is 5.37. The topological polar surface area (TPSA) is 51.8 Å². The van der Waals surface area contributed by atoms with Crippen LogP contribution in [0.2, 0.25) is 0 Å². The lowest BCUT2D eigenvalue weighted by atomic mass is 9.89. The maximum atomic E-state index is 6.35. The molecule has 0 aromatic carbocycles. The molecule has 0 aliphatic rings. The Kier molecular flexibility index (Phi) is 8.42. The largest absolute Gasteiger partial charge is 0.323 e. The molecule has 4 heteroatoms. The quantitative estimate of drug-likeness (QED) is 0.591. The molecule has 0 saturated carbocycles. The summed E-state index contributed by atoms with van der Waals surface area (Å²) in [5.74, 6) is 0. The van der Waals surface area contributed by atoms with Crippen molar-refractivity contribution in [2.45, 2.75) is 96.9 Å². The Bertz CT molecular complexity index is 382. The minimum atomic E-state index is 0.0409. The zero-order chi connectivity index (χ0) is 15.7. The average Bonchev–Trinajstić information content (AvgIpc) is 2.91. The highest BCUT2D eigenvalue weighted by atomic mass is 32.1. The van der Waals surface area contributed by atoms with Crippen molar-refractivity contribution >= 4 is 11.5 Å². The Morgan fingerprint density at radius 2 is 1.57 bits per heavy atom. The Morgan fingerprint density at radius 3 is 2.14 bits per heavy atom. The van der Waals surface area contributed by atoms with Crippen molar-refractivity contribution in [3.63, 3.8) is 0 Å². The van der Waals surface area contributed by atoms with Gasteiger partial charge in [0.25, 0.3) is 0 Å². The number of unbranched alkanes of at least 4 members (excludes halogenated alkanes) is 7. The van der Waals surface area contributed by atoms with Crippen molar-refractivity contribution in [2.24, 2.45) is 5.73 Å². The third-order valence-corrected chi connectivity index (χ3v) is 4.79. The van der Waals surface area contributed by atoms with Gasteiger partial charge in [-0.1, -0.05) is 83.5 Å². The first-order chi connectivity index (χ1) is 9.96. The van der Waals surface area contributed by atoms with Crippen LogP contribution in [0.4, 0.5) is 0 Å². The lowest BCUT2D eigenvalue weighted by Gasteiger charge is -2.19. The van der Waals surface area contributed by atoms with Gasteiger partial charge in [-0.2, -0.15) is 0 Å². The van der Waals surface area contributed by atoms with Gasteiger partial charge < -0.3 is 5.73 Å². The van der Waals surface area contributed by atoms with E-state index in [4.69, 9.17) is 5.73 Å². The van der Waals surface area contributed by atoms with Gasteiger partial charge in [0.05, 0.1) is 10.6 Å². The van der Waals surface area contributed by atoms with Gasteiger partial charge in [-0.15, -0.1) is 5.10 Å². The SMILES string of the molecule is CCCCCCCCCCC(N)c1snnc1C(C)(C)C. The van der Waals surface area contributed by atoms with Crippen LogP contribution in [0, 0.1) is 0 Å². The molecule has 2 N–H and O–H groups in total. The minimum absolute atomic E-state index is 0.0409. The highest BCUT2D eigenvalue weighted by Crippen LogP contribution is 2.31. The van der Waals surface area contributed by atoms with Gasteiger partial charge in [-0.25, -0.2) is 0 Å². The molecule has 1 heterocycles. The summed E-state index contributed by atoms with van der Waals surface area (Å²) in [5, 5.41) is 4.28. The van der Waals surface area contributed by atoms with Crippen LogP contribution in [0.15, 0.2) is 0 Å². The van der Waals surface area contributed by atoms with Crippen LogP contribution in [0.25, 0.3) is 0 Å². The number of rotatable bonds is 10. The molecule has 0 saturated heterocycles. The molecule has 0 spiro atoms. The molecule has 0 fully saturated rings. The van der Waals surface area contributed by atoms with E-state index in [1.165, 1.54) is 67.8 Å². The second kappa shape index (κ2) is 9.52. The molecule has 1 atom stereocenters. The van der Waals surface area contributed by atoms with Crippen LogP contribution >= 0.6 is 11.5 Å².